The van der Waals surface area contributed by atoms with Crippen molar-refractivity contribution in [1.29, 1.82) is 0 Å². The first kappa shape index (κ1) is 30.3. The van der Waals surface area contributed by atoms with Gasteiger partial charge in [0, 0.05) is 52.5 Å². The van der Waals surface area contributed by atoms with E-state index in [4.69, 9.17) is 11.6 Å². The summed E-state index contributed by atoms with van der Waals surface area (Å²) >= 11 is 6.12. The highest BCUT2D eigenvalue weighted by atomic mass is 35.5. The molecule has 0 unspecified atom stereocenters. The molecule has 2 aromatic carbocycles. The van der Waals surface area contributed by atoms with Crippen LogP contribution < -0.4 is 20.7 Å². The van der Waals surface area contributed by atoms with Crippen LogP contribution in [-0.4, -0.2) is 75.1 Å². The summed E-state index contributed by atoms with van der Waals surface area (Å²) in [6.45, 7) is 0.368. The molecule has 10 nitrogen and oxygen atoms in total. The van der Waals surface area contributed by atoms with Crippen molar-refractivity contribution < 1.29 is 31.2 Å². The van der Waals surface area contributed by atoms with Crippen LogP contribution in [0.5, 0.6) is 0 Å². The summed E-state index contributed by atoms with van der Waals surface area (Å²) in [6.07, 6.45) is -3.42. The molecule has 0 saturated carbocycles. The molecular formula is C26H28ClF3N6O4S. The smallest absolute Gasteiger partial charge is 0.380 e. The van der Waals surface area contributed by atoms with Gasteiger partial charge in [-0.2, -0.15) is 13.2 Å². The van der Waals surface area contributed by atoms with Crippen LogP contribution in [0.15, 0.2) is 48.5 Å². The highest BCUT2D eigenvalue weighted by molar-refractivity contribution is 7.92. The van der Waals surface area contributed by atoms with Gasteiger partial charge >= 0.3 is 6.18 Å². The fourth-order valence-electron chi connectivity index (χ4n) is 4.66. The number of carbonyl (C=O) groups excluding carboxylic acids is 2. The first-order valence-electron chi connectivity index (χ1n) is 12.5. The van der Waals surface area contributed by atoms with E-state index in [1.807, 2.05) is 0 Å². The lowest BCUT2D eigenvalue weighted by molar-refractivity contribution is -0.140. The SMILES string of the molecule is CNCC(=O)N1C[C@@H](NC(=O)c2cccc(NS(C)(=O)=O)c2)C[C@@H](Nc2cc(C(F)(F)F)nc3ccc(Cl)cc23)C1. The molecule has 41 heavy (non-hydrogen) atoms. The summed E-state index contributed by atoms with van der Waals surface area (Å²) in [7, 11) is -1.95. The van der Waals surface area contributed by atoms with E-state index >= 15 is 0 Å². The number of hydrogen-bond acceptors (Lipinski definition) is 7. The Morgan fingerprint density at radius 2 is 1.83 bits per heavy atom. The van der Waals surface area contributed by atoms with Crippen molar-refractivity contribution in [3.05, 3.63) is 64.8 Å². The van der Waals surface area contributed by atoms with Gasteiger partial charge in [0.2, 0.25) is 15.9 Å². The molecule has 1 saturated heterocycles. The minimum Gasteiger partial charge on any atom is -0.380 e. The third-order valence-electron chi connectivity index (χ3n) is 6.32. The Balaban J connectivity index is 1.61. The number of fused-ring (bicyclic) bond motifs is 1. The van der Waals surface area contributed by atoms with Crippen molar-refractivity contribution in [3.8, 4) is 0 Å². The molecule has 2 atom stereocenters. The number of anilines is 2. The van der Waals surface area contributed by atoms with E-state index in [0.717, 1.165) is 12.3 Å². The van der Waals surface area contributed by atoms with Gasteiger partial charge in [-0.1, -0.05) is 17.7 Å². The maximum absolute atomic E-state index is 13.6. The number of likely N-dealkylation sites (tertiary alicyclic amines) is 1. The van der Waals surface area contributed by atoms with Gasteiger partial charge < -0.3 is 20.9 Å². The molecule has 2 amide bonds. The number of carbonyl (C=O) groups is 2. The predicted molar refractivity (Wildman–Crippen MR) is 150 cm³/mol. The van der Waals surface area contributed by atoms with Crippen LogP contribution in [0.4, 0.5) is 24.5 Å². The average molecular weight is 613 g/mol. The van der Waals surface area contributed by atoms with E-state index in [-0.39, 0.29) is 54.4 Å². The average Bonchev–Trinajstić information content (AvgIpc) is 2.87. The van der Waals surface area contributed by atoms with Crippen LogP contribution in [-0.2, 0) is 21.0 Å². The molecular weight excluding hydrogens is 585 g/mol. The van der Waals surface area contributed by atoms with Crippen LogP contribution in [0.1, 0.15) is 22.5 Å². The number of hydrogen-bond donors (Lipinski definition) is 4. The molecule has 1 aromatic heterocycles. The lowest BCUT2D eigenvalue weighted by atomic mass is 9.99. The Labute approximate surface area is 239 Å². The topological polar surface area (TPSA) is 133 Å². The zero-order valence-corrected chi connectivity index (χ0v) is 23.6. The van der Waals surface area contributed by atoms with Crippen molar-refractivity contribution in [2.75, 3.05) is 43.0 Å². The molecule has 4 rings (SSSR count). The van der Waals surface area contributed by atoms with Crippen LogP contribution in [0.25, 0.3) is 10.9 Å². The van der Waals surface area contributed by atoms with Gasteiger partial charge in [-0.15, -0.1) is 0 Å². The van der Waals surface area contributed by atoms with E-state index in [9.17, 15) is 31.2 Å². The van der Waals surface area contributed by atoms with Gasteiger partial charge in [0.15, 0.2) is 0 Å². The second-order valence-electron chi connectivity index (χ2n) is 9.75. The third kappa shape index (κ3) is 7.99. The molecule has 1 aliphatic heterocycles. The number of piperidine rings is 1. The van der Waals surface area contributed by atoms with E-state index < -0.39 is 39.9 Å². The monoisotopic (exact) mass is 612 g/mol. The first-order valence-corrected chi connectivity index (χ1v) is 14.7. The first-order chi connectivity index (χ1) is 19.2. The molecule has 0 radical (unpaired) electrons. The van der Waals surface area contributed by atoms with Crippen molar-refractivity contribution in [2.24, 2.45) is 0 Å². The maximum Gasteiger partial charge on any atom is 0.433 e. The number of amides is 2. The van der Waals surface area contributed by atoms with Crippen LogP contribution >= 0.6 is 11.6 Å². The zero-order valence-electron chi connectivity index (χ0n) is 22.0. The Bertz CT molecular complexity index is 1570. The number of sulfonamides is 1. The quantitative estimate of drug-likeness (QED) is 0.307. The molecule has 4 N–H and O–H groups in total. The summed E-state index contributed by atoms with van der Waals surface area (Å²) in [4.78, 5) is 31.1. The number of nitrogens with one attached hydrogen (secondary N) is 4. The number of pyridine rings is 1. The number of nitrogens with zero attached hydrogens (tertiary/aromatic N) is 2. The summed E-state index contributed by atoms with van der Waals surface area (Å²) in [5, 5.41) is 9.47. The lowest BCUT2D eigenvalue weighted by Gasteiger charge is -2.39. The molecule has 3 aromatic rings. The molecule has 1 aliphatic rings. The second kappa shape index (κ2) is 12.1. The molecule has 0 bridgehead atoms. The van der Waals surface area contributed by atoms with Crippen molar-refractivity contribution in [1.82, 2.24) is 20.5 Å². The number of aromatic nitrogens is 1. The Hall–Kier alpha value is -3.62. The second-order valence-corrected chi connectivity index (χ2v) is 11.9. The minimum atomic E-state index is -4.69. The largest absolute Gasteiger partial charge is 0.433 e. The fourth-order valence-corrected chi connectivity index (χ4v) is 5.39. The van der Waals surface area contributed by atoms with E-state index in [0.29, 0.717) is 10.4 Å². The molecule has 1 fully saturated rings. The summed E-state index contributed by atoms with van der Waals surface area (Å²) < 4.78 is 66.4. The third-order valence-corrected chi connectivity index (χ3v) is 7.16. The van der Waals surface area contributed by atoms with Crippen molar-refractivity contribution in [2.45, 2.75) is 24.7 Å². The fraction of sp³-hybridized carbons (Fsp3) is 0.346. The summed E-state index contributed by atoms with van der Waals surface area (Å²) in [6, 6.07) is 10.1. The standard InChI is InChI=1S/C26H28ClF3N6O4S/c1-31-12-24(37)36-13-18(32-22-11-23(26(28,29)30)34-21-7-6-16(27)9-20(21)22)10-19(14-36)33-25(38)15-4-3-5-17(8-15)35-41(2,39)40/h3-9,11,18-19,31,35H,10,12-14H2,1-2H3,(H,32,34)(H,33,38)/t18-,19+/m1/s1. The summed E-state index contributed by atoms with van der Waals surface area (Å²) in [5.41, 5.74) is -0.453. The highest BCUT2D eigenvalue weighted by Gasteiger charge is 2.35. The van der Waals surface area contributed by atoms with Gasteiger partial charge in [-0.25, -0.2) is 13.4 Å². The van der Waals surface area contributed by atoms with Gasteiger partial charge in [0.25, 0.3) is 5.91 Å². The zero-order chi connectivity index (χ0) is 29.9. The van der Waals surface area contributed by atoms with E-state index in [1.54, 1.807) is 7.05 Å². The molecule has 2 heterocycles. The number of rotatable bonds is 8. The molecule has 0 aliphatic carbocycles. The number of alkyl halides is 3. The maximum atomic E-state index is 13.6. The van der Waals surface area contributed by atoms with E-state index in [1.165, 1.54) is 47.4 Å². The van der Waals surface area contributed by atoms with Crippen LogP contribution in [0.2, 0.25) is 5.02 Å². The number of halogens is 4. The number of benzene rings is 2. The lowest BCUT2D eigenvalue weighted by Crippen LogP contribution is -2.57. The highest BCUT2D eigenvalue weighted by Crippen LogP contribution is 2.35. The Morgan fingerprint density at radius 3 is 2.51 bits per heavy atom. The number of likely N-dealkylation sites (N-methyl/N-ethyl adjacent to an activating group) is 1. The normalized spacial score (nSPS) is 17.8. The van der Waals surface area contributed by atoms with Gasteiger partial charge in [-0.3, -0.25) is 14.3 Å². The summed E-state index contributed by atoms with van der Waals surface area (Å²) in [5.74, 6) is -0.759. The van der Waals surface area contributed by atoms with Gasteiger partial charge in [0.1, 0.15) is 5.69 Å². The predicted octanol–water partition coefficient (Wildman–Crippen LogP) is 3.31. The van der Waals surface area contributed by atoms with Crippen LogP contribution in [0.3, 0.4) is 0 Å². The molecule has 220 valence electrons. The van der Waals surface area contributed by atoms with Crippen LogP contribution in [0, 0.1) is 0 Å². The van der Waals surface area contributed by atoms with Crippen molar-refractivity contribution >= 4 is 55.7 Å². The van der Waals surface area contributed by atoms with Crippen molar-refractivity contribution in [3.63, 3.8) is 0 Å². The van der Waals surface area contributed by atoms with E-state index in [2.05, 4.69) is 25.7 Å². The Kier molecular flexibility index (Phi) is 8.94. The minimum absolute atomic E-state index is 0.0264. The molecule has 15 heteroatoms. The van der Waals surface area contributed by atoms with Gasteiger partial charge in [0.05, 0.1) is 18.3 Å². The Morgan fingerprint density at radius 1 is 1.10 bits per heavy atom. The van der Waals surface area contributed by atoms with Gasteiger partial charge in [-0.05, 0) is 55.9 Å². The molecule has 0 spiro atoms.